The van der Waals surface area contributed by atoms with E-state index in [0.717, 1.165) is 22.1 Å². The summed E-state index contributed by atoms with van der Waals surface area (Å²) in [6.45, 7) is 8.66. The van der Waals surface area contributed by atoms with Gasteiger partial charge in [0.1, 0.15) is 0 Å². The van der Waals surface area contributed by atoms with E-state index in [2.05, 4.69) is 78.9 Å². The average molecular weight is 487 g/mol. The second-order valence-corrected chi connectivity index (χ2v) is 9.68. The summed E-state index contributed by atoms with van der Waals surface area (Å²) >= 11 is 12.3. The normalized spacial score (nSPS) is 17.8. The second-order valence-electron chi connectivity index (χ2n) is 8.86. The van der Waals surface area contributed by atoms with Crippen LogP contribution in [-0.4, -0.2) is 14.7 Å². The Kier molecular flexibility index (Phi) is 5.92. The molecule has 0 amide bonds. The lowest BCUT2D eigenvalue weighted by molar-refractivity contribution is 0.563. The number of anilines is 1. The molecule has 4 aromatic rings. The van der Waals surface area contributed by atoms with Crippen LogP contribution >= 0.6 is 23.8 Å². The number of aromatic nitrogens is 2. The highest BCUT2D eigenvalue weighted by molar-refractivity contribution is 7.80. The molecule has 4 nitrogen and oxygen atoms in total. The number of thiocarbonyl (C=S) groups is 1. The molecular weight excluding hydrogens is 460 g/mol. The van der Waals surface area contributed by atoms with E-state index in [9.17, 15) is 0 Å². The highest BCUT2D eigenvalue weighted by Crippen LogP contribution is 2.45. The summed E-state index contributed by atoms with van der Waals surface area (Å²) in [7, 11) is 0. The largest absolute Gasteiger partial charge is 0.351 e. The molecule has 0 aliphatic carbocycles. The van der Waals surface area contributed by atoms with Crippen LogP contribution in [0.4, 0.5) is 5.69 Å². The van der Waals surface area contributed by atoms with Gasteiger partial charge in [-0.1, -0.05) is 35.9 Å². The molecule has 1 N–H and O–H groups in total. The summed E-state index contributed by atoms with van der Waals surface area (Å²) in [4.78, 5) is 6.95. The van der Waals surface area contributed by atoms with Crippen LogP contribution < -0.4 is 10.2 Å². The van der Waals surface area contributed by atoms with Crippen molar-refractivity contribution in [2.75, 3.05) is 4.90 Å². The lowest BCUT2D eigenvalue weighted by atomic mass is 9.93. The van der Waals surface area contributed by atoms with E-state index < -0.39 is 0 Å². The Morgan fingerprint density at radius 1 is 0.882 bits per heavy atom. The topological polar surface area (TPSA) is 33.1 Å². The molecule has 2 atom stereocenters. The van der Waals surface area contributed by atoms with E-state index in [1.807, 2.05) is 36.5 Å². The molecule has 0 saturated carbocycles. The molecular formula is C28H27ClN4S. The molecule has 5 rings (SSSR count). The lowest BCUT2D eigenvalue weighted by Crippen LogP contribution is -2.29. The molecule has 2 aromatic heterocycles. The third-order valence-electron chi connectivity index (χ3n) is 6.75. The average Bonchev–Trinajstić information content (AvgIpc) is 3.27. The van der Waals surface area contributed by atoms with Crippen molar-refractivity contribution in [2.45, 2.75) is 39.8 Å². The number of hydrogen-bond donors (Lipinski definition) is 1. The van der Waals surface area contributed by atoms with Crippen LogP contribution in [0.15, 0.2) is 72.9 Å². The number of nitrogens with zero attached hydrogens (tertiary/aromatic N) is 3. The summed E-state index contributed by atoms with van der Waals surface area (Å²) in [5.74, 6) is 0. The van der Waals surface area contributed by atoms with Gasteiger partial charge in [0.25, 0.3) is 0 Å². The Hall–Kier alpha value is -3.15. The standard InChI is InChI=1S/C28H27ClN4S/c1-17-9-7-11-22(15-17)33-27(26(31-28(33)34)24-13-5-6-14-30-24)25-18(2)19(3)32(20(25)4)23-12-8-10-21(29)16-23/h5-16,26-27H,1-4H3,(H,31,34)/t26-,27+/m0/s1. The molecule has 1 aliphatic rings. The van der Waals surface area contributed by atoms with E-state index in [0.29, 0.717) is 5.11 Å². The first-order valence-electron chi connectivity index (χ1n) is 11.4. The fraction of sp³-hybridized carbons (Fsp3) is 0.214. The van der Waals surface area contributed by atoms with Gasteiger partial charge >= 0.3 is 0 Å². The maximum atomic E-state index is 6.36. The zero-order valence-electron chi connectivity index (χ0n) is 19.7. The summed E-state index contributed by atoms with van der Waals surface area (Å²) in [6, 6.07) is 22.4. The molecule has 0 radical (unpaired) electrons. The van der Waals surface area contributed by atoms with E-state index in [4.69, 9.17) is 28.8 Å². The van der Waals surface area contributed by atoms with Crippen molar-refractivity contribution in [3.05, 3.63) is 112 Å². The summed E-state index contributed by atoms with van der Waals surface area (Å²) in [5.41, 5.74) is 9.16. The van der Waals surface area contributed by atoms with E-state index in [1.54, 1.807) is 0 Å². The zero-order chi connectivity index (χ0) is 24.0. The van der Waals surface area contributed by atoms with Gasteiger partial charge in [-0.05, 0) is 93.5 Å². The van der Waals surface area contributed by atoms with Crippen LogP contribution in [0, 0.1) is 27.7 Å². The minimum Gasteiger partial charge on any atom is -0.351 e. The predicted octanol–water partition coefficient (Wildman–Crippen LogP) is 6.94. The third kappa shape index (κ3) is 3.79. The number of nitrogens with one attached hydrogen (secondary N) is 1. The molecule has 34 heavy (non-hydrogen) atoms. The number of aryl methyl sites for hydroxylation is 1. The zero-order valence-corrected chi connectivity index (χ0v) is 21.3. The maximum Gasteiger partial charge on any atom is 0.174 e. The molecule has 172 valence electrons. The van der Waals surface area contributed by atoms with Gasteiger partial charge in [0.15, 0.2) is 5.11 Å². The minimum atomic E-state index is -0.0822. The SMILES string of the molecule is Cc1cccc(N2C(=S)N[C@@H](c3ccccn3)[C@H]2c2c(C)c(C)n(-c3cccc(Cl)c3)c2C)c1. The fourth-order valence-corrected chi connectivity index (χ4v) is 5.68. The first-order chi connectivity index (χ1) is 16.4. The molecule has 0 bridgehead atoms. The number of benzene rings is 2. The Balaban J connectivity index is 1.74. The van der Waals surface area contributed by atoms with Crippen molar-refractivity contribution < 1.29 is 0 Å². The Labute approximate surface area is 211 Å². The van der Waals surface area contributed by atoms with Gasteiger partial charge < -0.3 is 14.8 Å². The van der Waals surface area contributed by atoms with Crippen molar-refractivity contribution in [3.8, 4) is 5.69 Å². The fourth-order valence-electron chi connectivity index (χ4n) is 5.15. The Morgan fingerprint density at radius 2 is 1.65 bits per heavy atom. The molecule has 6 heteroatoms. The van der Waals surface area contributed by atoms with Gasteiger partial charge in [0.2, 0.25) is 0 Å². The number of halogens is 1. The molecule has 3 heterocycles. The Bertz CT molecular complexity index is 1380. The van der Waals surface area contributed by atoms with Crippen molar-refractivity contribution in [1.29, 1.82) is 0 Å². The van der Waals surface area contributed by atoms with E-state index >= 15 is 0 Å². The minimum absolute atomic E-state index is 0.0525. The van der Waals surface area contributed by atoms with Crippen LogP contribution in [0.2, 0.25) is 5.02 Å². The van der Waals surface area contributed by atoms with Crippen molar-refractivity contribution in [2.24, 2.45) is 0 Å². The molecule has 1 saturated heterocycles. The quantitative estimate of drug-likeness (QED) is 0.317. The van der Waals surface area contributed by atoms with Crippen LogP contribution in [-0.2, 0) is 0 Å². The maximum absolute atomic E-state index is 6.36. The van der Waals surface area contributed by atoms with Crippen molar-refractivity contribution in [3.63, 3.8) is 0 Å². The monoisotopic (exact) mass is 486 g/mol. The first kappa shape index (κ1) is 22.6. The van der Waals surface area contributed by atoms with Crippen LogP contribution in [0.3, 0.4) is 0 Å². The third-order valence-corrected chi connectivity index (χ3v) is 7.30. The van der Waals surface area contributed by atoms with Gasteiger partial charge in [-0.25, -0.2) is 0 Å². The van der Waals surface area contributed by atoms with Crippen molar-refractivity contribution >= 4 is 34.6 Å². The molecule has 0 spiro atoms. The van der Waals surface area contributed by atoms with E-state index in [1.165, 1.54) is 28.1 Å². The summed E-state index contributed by atoms with van der Waals surface area (Å²) < 4.78 is 2.29. The second kappa shape index (κ2) is 8.90. The number of pyridine rings is 1. The highest BCUT2D eigenvalue weighted by atomic mass is 35.5. The number of hydrogen-bond acceptors (Lipinski definition) is 2. The highest BCUT2D eigenvalue weighted by Gasteiger charge is 2.43. The molecule has 0 unspecified atom stereocenters. The molecule has 1 aliphatic heterocycles. The van der Waals surface area contributed by atoms with Crippen molar-refractivity contribution in [1.82, 2.24) is 14.9 Å². The smallest absolute Gasteiger partial charge is 0.174 e. The molecule has 1 fully saturated rings. The summed E-state index contributed by atoms with van der Waals surface area (Å²) in [6.07, 6.45) is 1.84. The van der Waals surface area contributed by atoms with Gasteiger partial charge in [-0.15, -0.1) is 0 Å². The van der Waals surface area contributed by atoms with Gasteiger partial charge in [0.05, 0.1) is 17.8 Å². The van der Waals surface area contributed by atoms with Gasteiger partial charge in [-0.2, -0.15) is 0 Å². The van der Waals surface area contributed by atoms with Crippen LogP contribution in [0.5, 0.6) is 0 Å². The first-order valence-corrected chi connectivity index (χ1v) is 12.2. The lowest BCUT2D eigenvalue weighted by Gasteiger charge is -2.29. The summed E-state index contributed by atoms with van der Waals surface area (Å²) in [5, 5.41) is 5.01. The van der Waals surface area contributed by atoms with Crippen LogP contribution in [0.1, 0.15) is 45.9 Å². The van der Waals surface area contributed by atoms with Gasteiger partial charge in [0, 0.05) is 39.5 Å². The predicted molar refractivity (Wildman–Crippen MR) is 144 cm³/mol. The van der Waals surface area contributed by atoms with Crippen LogP contribution in [0.25, 0.3) is 5.69 Å². The Morgan fingerprint density at radius 3 is 2.35 bits per heavy atom. The van der Waals surface area contributed by atoms with Gasteiger partial charge in [-0.3, -0.25) is 4.98 Å². The molecule has 2 aromatic carbocycles. The van der Waals surface area contributed by atoms with E-state index in [-0.39, 0.29) is 12.1 Å². The number of rotatable bonds is 4.